The summed E-state index contributed by atoms with van der Waals surface area (Å²) in [5.41, 5.74) is -0.371. The molecule has 1 aromatic rings. The van der Waals surface area contributed by atoms with Crippen molar-refractivity contribution in [2.24, 2.45) is 0 Å². The largest absolute Gasteiger partial charge is 0.496 e. The summed E-state index contributed by atoms with van der Waals surface area (Å²) in [6.07, 6.45) is 0. The predicted molar refractivity (Wildman–Crippen MR) is 53.9 cm³/mol. The minimum absolute atomic E-state index is 0.0105. The third-order valence-electron chi connectivity index (χ3n) is 1.95. The number of carbonyl (C=O) groups is 2. The van der Waals surface area contributed by atoms with Crippen LogP contribution in [-0.2, 0) is 9.53 Å². The lowest BCUT2D eigenvalue weighted by Crippen LogP contribution is -2.18. The highest BCUT2D eigenvalue weighted by molar-refractivity contribution is 6.41. The predicted octanol–water partition coefficient (Wildman–Crippen LogP) is 1.72. The van der Waals surface area contributed by atoms with Gasteiger partial charge in [0.25, 0.3) is 5.78 Å². The highest BCUT2D eigenvalue weighted by Gasteiger charge is 2.23. The van der Waals surface area contributed by atoms with Gasteiger partial charge in [-0.1, -0.05) is 0 Å². The van der Waals surface area contributed by atoms with Gasteiger partial charge in [0.2, 0.25) is 0 Å². The smallest absolute Gasteiger partial charge is 0.379 e. The number of carbonyl (C=O) groups excluding carboxylic acids is 2. The number of ether oxygens (including phenoxy) is 2. The standard InChI is InChI=1S/C11H10F2O4/c1-3-17-11(15)10(14)6-4-7(12)8(13)5-9(6)16-2/h4-5H,3H2,1-2H3. The fraction of sp³-hybridized carbons (Fsp3) is 0.273. The number of esters is 1. The van der Waals surface area contributed by atoms with Gasteiger partial charge in [0.1, 0.15) is 5.75 Å². The van der Waals surface area contributed by atoms with E-state index in [1.807, 2.05) is 0 Å². The topological polar surface area (TPSA) is 52.6 Å². The molecule has 1 rings (SSSR count). The number of benzene rings is 1. The van der Waals surface area contributed by atoms with Gasteiger partial charge in [-0.25, -0.2) is 13.6 Å². The molecule has 4 nitrogen and oxygen atoms in total. The number of halogens is 2. The molecule has 0 aliphatic heterocycles. The van der Waals surface area contributed by atoms with Crippen molar-refractivity contribution in [3.63, 3.8) is 0 Å². The lowest BCUT2D eigenvalue weighted by Gasteiger charge is -2.07. The zero-order valence-corrected chi connectivity index (χ0v) is 9.25. The molecule has 0 spiro atoms. The highest BCUT2D eigenvalue weighted by atomic mass is 19.2. The van der Waals surface area contributed by atoms with Crippen LogP contribution in [0.3, 0.4) is 0 Å². The van der Waals surface area contributed by atoms with Crippen LogP contribution in [0.2, 0.25) is 0 Å². The summed E-state index contributed by atoms with van der Waals surface area (Å²) in [4.78, 5) is 22.7. The van der Waals surface area contributed by atoms with Crippen LogP contribution < -0.4 is 4.74 Å². The van der Waals surface area contributed by atoms with Gasteiger partial charge in [0.05, 0.1) is 19.3 Å². The maximum Gasteiger partial charge on any atom is 0.379 e. The van der Waals surface area contributed by atoms with Crippen LogP contribution in [0.4, 0.5) is 8.78 Å². The van der Waals surface area contributed by atoms with Crippen LogP contribution in [0.25, 0.3) is 0 Å². The monoisotopic (exact) mass is 244 g/mol. The molecule has 6 heteroatoms. The van der Waals surface area contributed by atoms with Gasteiger partial charge in [-0.3, -0.25) is 4.79 Å². The van der Waals surface area contributed by atoms with E-state index in [1.165, 1.54) is 14.0 Å². The quantitative estimate of drug-likeness (QED) is 0.459. The fourth-order valence-electron chi connectivity index (χ4n) is 1.18. The van der Waals surface area contributed by atoms with E-state index in [9.17, 15) is 18.4 Å². The summed E-state index contributed by atoms with van der Waals surface area (Å²) >= 11 is 0. The zero-order chi connectivity index (χ0) is 13.0. The maximum atomic E-state index is 13.0. The Morgan fingerprint density at radius 3 is 2.35 bits per heavy atom. The minimum atomic E-state index is -1.24. The van der Waals surface area contributed by atoms with Gasteiger partial charge >= 0.3 is 5.97 Å². The van der Waals surface area contributed by atoms with Crippen molar-refractivity contribution in [3.8, 4) is 5.75 Å². The molecule has 0 aliphatic rings. The van der Waals surface area contributed by atoms with Crippen molar-refractivity contribution in [3.05, 3.63) is 29.3 Å². The van der Waals surface area contributed by atoms with E-state index in [1.54, 1.807) is 0 Å². The first-order chi connectivity index (χ1) is 8.01. The Labute approximate surface area is 96.1 Å². The van der Waals surface area contributed by atoms with Gasteiger partial charge in [-0.2, -0.15) is 0 Å². The Balaban J connectivity index is 3.16. The number of ketones is 1. The molecular formula is C11H10F2O4. The van der Waals surface area contributed by atoms with Crippen molar-refractivity contribution in [2.45, 2.75) is 6.92 Å². The number of hydrogen-bond acceptors (Lipinski definition) is 4. The molecule has 17 heavy (non-hydrogen) atoms. The molecule has 0 N–H and O–H groups in total. The van der Waals surface area contributed by atoms with Gasteiger partial charge in [-0.05, 0) is 13.0 Å². The lowest BCUT2D eigenvalue weighted by atomic mass is 10.1. The maximum absolute atomic E-state index is 13.0. The van der Waals surface area contributed by atoms with E-state index in [4.69, 9.17) is 4.74 Å². The van der Waals surface area contributed by atoms with E-state index in [2.05, 4.69) is 4.74 Å². The van der Waals surface area contributed by atoms with Crippen molar-refractivity contribution < 1.29 is 27.8 Å². The third kappa shape index (κ3) is 2.77. The van der Waals surface area contributed by atoms with E-state index in [0.29, 0.717) is 12.1 Å². The molecule has 0 saturated carbocycles. The van der Waals surface area contributed by atoms with Gasteiger partial charge in [0, 0.05) is 6.07 Å². The van der Waals surface area contributed by atoms with Crippen molar-refractivity contribution in [1.29, 1.82) is 0 Å². The number of rotatable bonds is 4. The Morgan fingerprint density at radius 1 is 1.24 bits per heavy atom. The molecule has 0 fully saturated rings. The normalized spacial score (nSPS) is 9.88. The minimum Gasteiger partial charge on any atom is -0.496 e. The van der Waals surface area contributed by atoms with E-state index < -0.39 is 23.4 Å². The van der Waals surface area contributed by atoms with E-state index in [-0.39, 0.29) is 17.9 Å². The van der Waals surface area contributed by atoms with Crippen molar-refractivity contribution in [1.82, 2.24) is 0 Å². The molecule has 1 aromatic carbocycles. The molecule has 92 valence electrons. The van der Waals surface area contributed by atoms with E-state index >= 15 is 0 Å². The first-order valence-corrected chi connectivity index (χ1v) is 4.75. The number of Topliss-reactive ketones (excluding diaryl/α,β-unsaturated/α-hetero) is 1. The summed E-state index contributed by atoms with van der Waals surface area (Å²) in [5.74, 6) is -4.85. The second kappa shape index (κ2) is 5.38. The SMILES string of the molecule is CCOC(=O)C(=O)c1cc(F)c(F)cc1OC. The number of hydrogen-bond donors (Lipinski definition) is 0. The van der Waals surface area contributed by atoms with Gasteiger partial charge < -0.3 is 9.47 Å². The second-order valence-electron chi connectivity index (χ2n) is 3.02. The summed E-state index contributed by atoms with van der Waals surface area (Å²) in [7, 11) is 1.18. The summed E-state index contributed by atoms with van der Waals surface area (Å²) in [6.45, 7) is 1.53. The molecule has 0 aliphatic carbocycles. The Kier molecular flexibility index (Phi) is 4.14. The highest BCUT2D eigenvalue weighted by Crippen LogP contribution is 2.22. The summed E-state index contributed by atoms with van der Waals surface area (Å²) < 4.78 is 35.0. The number of methoxy groups -OCH3 is 1. The summed E-state index contributed by atoms with van der Waals surface area (Å²) in [6, 6.07) is 1.30. The van der Waals surface area contributed by atoms with Crippen LogP contribution in [0.1, 0.15) is 17.3 Å². The van der Waals surface area contributed by atoms with E-state index in [0.717, 1.165) is 0 Å². The first-order valence-electron chi connectivity index (χ1n) is 4.75. The lowest BCUT2D eigenvalue weighted by molar-refractivity contribution is -0.137. The van der Waals surface area contributed by atoms with Gasteiger partial charge in [0.15, 0.2) is 11.6 Å². The van der Waals surface area contributed by atoms with Crippen LogP contribution >= 0.6 is 0 Å². The molecule has 0 atom stereocenters. The van der Waals surface area contributed by atoms with Crippen LogP contribution in [0.15, 0.2) is 12.1 Å². The second-order valence-corrected chi connectivity index (χ2v) is 3.02. The van der Waals surface area contributed by atoms with Crippen molar-refractivity contribution >= 4 is 11.8 Å². The van der Waals surface area contributed by atoms with Gasteiger partial charge in [-0.15, -0.1) is 0 Å². The average molecular weight is 244 g/mol. The fourth-order valence-corrected chi connectivity index (χ4v) is 1.18. The Bertz CT molecular complexity index is 457. The Morgan fingerprint density at radius 2 is 1.82 bits per heavy atom. The molecule has 0 amide bonds. The molecule has 0 unspecified atom stereocenters. The molecule has 0 heterocycles. The van der Waals surface area contributed by atoms with Crippen LogP contribution in [-0.4, -0.2) is 25.5 Å². The molecule has 0 bridgehead atoms. The molecule has 0 radical (unpaired) electrons. The zero-order valence-electron chi connectivity index (χ0n) is 9.25. The molecule has 0 saturated heterocycles. The van der Waals surface area contributed by atoms with Crippen LogP contribution in [0, 0.1) is 11.6 Å². The molecule has 0 aromatic heterocycles. The summed E-state index contributed by atoms with van der Waals surface area (Å²) in [5, 5.41) is 0. The third-order valence-corrected chi connectivity index (χ3v) is 1.95. The Hall–Kier alpha value is -1.98. The van der Waals surface area contributed by atoms with Crippen molar-refractivity contribution in [2.75, 3.05) is 13.7 Å². The van der Waals surface area contributed by atoms with Crippen LogP contribution in [0.5, 0.6) is 5.75 Å². The molecular weight excluding hydrogens is 234 g/mol. The average Bonchev–Trinajstić information content (AvgIpc) is 2.31. The first kappa shape index (κ1) is 13.1.